The maximum absolute atomic E-state index is 13.8. The number of amides is 2. The largest absolute Gasteiger partial charge is 0.351 e. The van der Waals surface area contributed by atoms with Gasteiger partial charge in [-0.1, -0.05) is 60.0 Å². The van der Waals surface area contributed by atoms with E-state index < -0.39 is 5.91 Å². The molecule has 220 valence electrons. The number of allylic oxidation sites excluding steroid dienone is 4. The van der Waals surface area contributed by atoms with E-state index in [-0.39, 0.29) is 18.2 Å². The monoisotopic (exact) mass is 611 g/mol. The fourth-order valence-electron chi connectivity index (χ4n) is 4.66. The minimum absolute atomic E-state index is 0.212. The first-order valence-electron chi connectivity index (χ1n) is 13.6. The number of aromatic nitrogens is 3. The third-order valence-electron chi connectivity index (χ3n) is 6.77. The van der Waals surface area contributed by atoms with Gasteiger partial charge in [0.1, 0.15) is 11.5 Å². The number of nitrogens with zero attached hydrogens (tertiary/aromatic N) is 2. The van der Waals surface area contributed by atoms with Crippen molar-refractivity contribution in [1.82, 2.24) is 25.6 Å². The van der Waals surface area contributed by atoms with Crippen LogP contribution in [0.25, 0.3) is 22.2 Å². The van der Waals surface area contributed by atoms with E-state index >= 15 is 0 Å². The molecule has 2 amide bonds. The van der Waals surface area contributed by atoms with Gasteiger partial charge in [0.15, 0.2) is 0 Å². The molecule has 42 heavy (non-hydrogen) atoms. The predicted molar refractivity (Wildman–Crippen MR) is 164 cm³/mol. The summed E-state index contributed by atoms with van der Waals surface area (Å²) >= 11 is 12.4. The highest BCUT2D eigenvalue weighted by Gasteiger charge is 2.25. The zero-order chi connectivity index (χ0) is 30.1. The molecular formula is C31H32Cl2FN5O3. The van der Waals surface area contributed by atoms with E-state index in [0.29, 0.717) is 65.6 Å². The van der Waals surface area contributed by atoms with Gasteiger partial charge in [-0.2, -0.15) is 5.10 Å². The fraction of sp³-hybridized carbons (Fsp3) is 0.258. The second kappa shape index (κ2) is 14.8. The molecule has 0 atom stereocenters. The lowest BCUT2D eigenvalue weighted by atomic mass is 10.0. The third kappa shape index (κ3) is 7.88. The van der Waals surface area contributed by atoms with Gasteiger partial charge in [0.05, 0.1) is 18.4 Å². The Morgan fingerprint density at radius 2 is 1.86 bits per heavy atom. The van der Waals surface area contributed by atoms with Crippen LogP contribution >= 0.6 is 23.2 Å². The zero-order valence-corrected chi connectivity index (χ0v) is 24.6. The Kier molecular flexibility index (Phi) is 10.9. The average Bonchev–Trinajstić information content (AvgIpc) is 3.55. The van der Waals surface area contributed by atoms with E-state index in [4.69, 9.17) is 28.4 Å². The first kappa shape index (κ1) is 31.0. The number of rotatable bonds is 13. The summed E-state index contributed by atoms with van der Waals surface area (Å²) in [5, 5.41) is 18.2. The van der Waals surface area contributed by atoms with Gasteiger partial charge < -0.3 is 10.3 Å². The first-order chi connectivity index (χ1) is 20.3. The maximum atomic E-state index is 13.8. The Morgan fingerprint density at radius 3 is 2.60 bits per heavy atom. The van der Waals surface area contributed by atoms with Crippen molar-refractivity contribution in [2.75, 3.05) is 6.54 Å². The Labute approximate surface area is 253 Å². The van der Waals surface area contributed by atoms with Crippen LogP contribution in [0.5, 0.6) is 0 Å². The summed E-state index contributed by atoms with van der Waals surface area (Å²) < 4.78 is 15.7. The molecule has 11 heteroatoms. The van der Waals surface area contributed by atoms with Crippen molar-refractivity contribution >= 4 is 45.9 Å². The summed E-state index contributed by atoms with van der Waals surface area (Å²) in [5.74, 6) is -1.08. The van der Waals surface area contributed by atoms with Gasteiger partial charge in [-0.15, -0.1) is 0 Å². The van der Waals surface area contributed by atoms with Crippen molar-refractivity contribution in [1.29, 1.82) is 0 Å². The molecule has 0 aliphatic rings. The van der Waals surface area contributed by atoms with Crippen LogP contribution in [-0.2, 0) is 17.8 Å². The molecule has 0 fully saturated rings. The summed E-state index contributed by atoms with van der Waals surface area (Å²) in [6.07, 6.45) is 8.81. The lowest BCUT2D eigenvalue weighted by molar-refractivity contribution is -0.129. The molecule has 0 radical (unpaired) electrons. The molecule has 8 nitrogen and oxygen atoms in total. The van der Waals surface area contributed by atoms with Crippen molar-refractivity contribution < 1.29 is 19.2 Å². The van der Waals surface area contributed by atoms with Gasteiger partial charge in [-0.25, -0.2) is 9.87 Å². The molecule has 2 heterocycles. The van der Waals surface area contributed by atoms with Crippen LogP contribution in [0.3, 0.4) is 0 Å². The second-order valence-corrected chi connectivity index (χ2v) is 10.6. The number of unbranched alkanes of at least 4 members (excludes halogenated alkanes) is 2. The Balaban J connectivity index is 1.71. The molecule has 4 N–H and O–H groups in total. The van der Waals surface area contributed by atoms with Crippen molar-refractivity contribution in [3.05, 3.63) is 99.6 Å². The molecule has 2 aromatic carbocycles. The van der Waals surface area contributed by atoms with E-state index in [0.717, 1.165) is 22.2 Å². The minimum atomic E-state index is -0.435. The fourth-order valence-corrected chi connectivity index (χ4v) is 4.96. The van der Waals surface area contributed by atoms with E-state index in [2.05, 4.69) is 15.4 Å². The SMILES string of the molecule is C/C=C(F)\C=C/Cc1cnn(Cc2ccc(Cl)cc2)c1-c1c(C(=O)NCCCCCC(=O)NO)[nH]c2cc(Cl)ccc12. The van der Waals surface area contributed by atoms with E-state index in [1.165, 1.54) is 12.2 Å². The number of carbonyl (C=O) groups is 2. The van der Waals surface area contributed by atoms with Gasteiger partial charge in [-0.05, 0) is 62.1 Å². The Morgan fingerprint density at radius 1 is 1.10 bits per heavy atom. The highest BCUT2D eigenvalue weighted by molar-refractivity contribution is 6.31. The van der Waals surface area contributed by atoms with Crippen LogP contribution in [0.4, 0.5) is 4.39 Å². The van der Waals surface area contributed by atoms with Crippen LogP contribution in [-0.4, -0.2) is 38.3 Å². The highest BCUT2D eigenvalue weighted by atomic mass is 35.5. The molecule has 0 unspecified atom stereocenters. The number of H-pyrrole nitrogens is 1. The van der Waals surface area contributed by atoms with Crippen LogP contribution in [0.15, 0.2) is 72.7 Å². The summed E-state index contributed by atoms with van der Waals surface area (Å²) in [4.78, 5) is 28.0. The maximum Gasteiger partial charge on any atom is 0.268 e. The van der Waals surface area contributed by atoms with Gasteiger partial charge in [0, 0.05) is 45.0 Å². The summed E-state index contributed by atoms with van der Waals surface area (Å²) in [7, 11) is 0. The minimum Gasteiger partial charge on any atom is -0.351 e. The first-order valence-corrected chi connectivity index (χ1v) is 14.4. The molecule has 4 aromatic rings. The van der Waals surface area contributed by atoms with Crippen LogP contribution in [0.2, 0.25) is 10.0 Å². The molecule has 0 saturated heterocycles. The van der Waals surface area contributed by atoms with Crippen molar-refractivity contribution in [2.45, 2.75) is 45.6 Å². The van der Waals surface area contributed by atoms with Crippen molar-refractivity contribution in [3.63, 3.8) is 0 Å². The topological polar surface area (TPSA) is 112 Å². The third-order valence-corrected chi connectivity index (χ3v) is 7.25. The smallest absolute Gasteiger partial charge is 0.268 e. The lowest BCUT2D eigenvalue weighted by Gasteiger charge is -2.12. The van der Waals surface area contributed by atoms with E-state index in [1.807, 2.05) is 35.0 Å². The number of benzene rings is 2. The molecule has 0 spiro atoms. The zero-order valence-electron chi connectivity index (χ0n) is 23.1. The molecule has 0 bridgehead atoms. The second-order valence-electron chi connectivity index (χ2n) is 9.75. The lowest BCUT2D eigenvalue weighted by Crippen LogP contribution is -2.25. The number of carbonyl (C=O) groups excluding carboxylic acids is 2. The van der Waals surface area contributed by atoms with Crippen molar-refractivity contribution in [3.8, 4) is 11.3 Å². The van der Waals surface area contributed by atoms with Crippen LogP contribution in [0, 0.1) is 0 Å². The van der Waals surface area contributed by atoms with Crippen LogP contribution in [0.1, 0.15) is 54.2 Å². The molecule has 0 aliphatic carbocycles. The number of aromatic amines is 1. The number of halogens is 3. The normalized spacial score (nSPS) is 11.9. The average molecular weight is 613 g/mol. The molecular weight excluding hydrogens is 580 g/mol. The molecule has 0 saturated carbocycles. The highest BCUT2D eigenvalue weighted by Crippen LogP contribution is 2.36. The molecule has 2 aromatic heterocycles. The van der Waals surface area contributed by atoms with Crippen molar-refractivity contribution in [2.24, 2.45) is 0 Å². The van der Waals surface area contributed by atoms with E-state index in [1.54, 1.807) is 36.8 Å². The van der Waals surface area contributed by atoms with Gasteiger partial charge in [0.2, 0.25) is 5.91 Å². The van der Waals surface area contributed by atoms with E-state index in [9.17, 15) is 14.0 Å². The number of hydrogen-bond acceptors (Lipinski definition) is 4. The summed E-state index contributed by atoms with van der Waals surface area (Å²) in [6.45, 7) is 2.45. The molecule has 0 aliphatic heterocycles. The van der Waals surface area contributed by atoms with Crippen LogP contribution < -0.4 is 10.8 Å². The summed E-state index contributed by atoms with van der Waals surface area (Å²) in [5.41, 5.74) is 5.84. The molecule has 4 rings (SSSR count). The number of hydrogen-bond donors (Lipinski definition) is 4. The standard InChI is InChI=1S/C31H32Cl2FN5O3/c1-2-24(34)8-6-7-21-18-36-39(19-20-10-12-22(32)13-11-20)30(21)28-25-15-14-23(33)17-26(25)37-29(28)31(41)35-16-5-3-4-9-27(40)38-42/h2,6,8,10-15,17-18,37,42H,3-5,7,9,16,19H2,1H3,(H,35,41)(H,38,40)/b8-6-,24-2+. The van der Waals surface area contributed by atoms with Gasteiger partial charge >= 0.3 is 0 Å². The number of hydroxylamine groups is 1. The Hall–Kier alpha value is -3.92. The Bertz CT molecular complexity index is 1610. The van der Waals surface area contributed by atoms with Gasteiger partial charge in [0.25, 0.3) is 5.91 Å². The van der Waals surface area contributed by atoms with Gasteiger partial charge in [-0.3, -0.25) is 19.5 Å². The number of nitrogens with one attached hydrogen (secondary N) is 3. The summed E-state index contributed by atoms with van der Waals surface area (Å²) in [6, 6.07) is 12.9. The quantitative estimate of drug-likeness (QED) is 0.0556. The predicted octanol–water partition coefficient (Wildman–Crippen LogP) is 7.15. The number of fused-ring (bicyclic) bond motifs is 1.